The summed E-state index contributed by atoms with van der Waals surface area (Å²) < 4.78 is 0. The summed E-state index contributed by atoms with van der Waals surface area (Å²) in [7, 11) is 3.15. The average molecular weight is 244 g/mol. The smallest absolute Gasteiger partial charge is 0.294 e. The van der Waals surface area contributed by atoms with Crippen molar-refractivity contribution in [3.8, 4) is 0 Å². The Morgan fingerprint density at radius 1 is 1.28 bits per heavy atom. The van der Waals surface area contributed by atoms with Crippen LogP contribution in [0.5, 0.6) is 0 Å². The predicted octanol–water partition coefficient (Wildman–Crippen LogP) is 2.00. The van der Waals surface area contributed by atoms with E-state index < -0.39 is 11.7 Å². The summed E-state index contributed by atoms with van der Waals surface area (Å²) in [4.78, 5) is 28.1. The number of hydrogen-bond donors (Lipinski definition) is 1. The molecule has 4 heteroatoms. The highest BCUT2D eigenvalue weighted by Gasteiger charge is 2.21. The minimum atomic E-state index is -0.502. The van der Waals surface area contributed by atoms with Gasteiger partial charge in [-0.2, -0.15) is 0 Å². The van der Waals surface area contributed by atoms with E-state index in [1.807, 2.05) is 18.2 Å². The van der Waals surface area contributed by atoms with Crippen LogP contribution in [0.3, 0.4) is 0 Å². The zero-order chi connectivity index (χ0) is 13.3. The summed E-state index contributed by atoms with van der Waals surface area (Å²) >= 11 is 0. The van der Waals surface area contributed by atoms with E-state index in [4.69, 9.17) is 0 Å². The van der Waals surface area contributed by atoms with Crippen LogP contribution in [0, 0.1) is 0 Å². The summed E-state index contributed by atoms with van der Waals surface area (Å²) in [6, 6.07) is 5.79. The molecule has 1 N–H and O–H groups in total. The van der Waals surface area contributed by atoms with Crippen LogP contribution in [0.25, 0.3) is 10.9 Å². The average Bonchev–Trinajstić information content (AvgIpc) is 2.80. The number of H-pyrrole nitrogens is 1. The van der Waals surface area contributed by atoms with Crippen molar-refractivity contribution in [2.45, 2.75) is 13.3 Å². The van der Waals surface area contributed by atoms with Crippen molar-refractivity contribution in [1.82, 2.24) is 9.88 Å². The minimum Gasteiger partial charge on any atom is -0.360 e. The van der Waals surface area contributed by atoms with Crippen molar-refractivity contribution < 1.29 is 9.59 Å². The molecule has 4 nitrogen and oxygen atoms in total. The highest BCUT2D eigenvalue weighted by Crippen LogP contribution is 2.22. The molecule has 2 rings (SSSR count). The van der Waals surface area contributed by atoms with Crippen LogP contribution in [0.15, 0.2) is 24.4 Å². The summed E-state index contributed by atoms with van der Waals surface area (Å²) in [5.74, 6) is -0.975. The van der Waals surface area contributed by atoms with Crippen LogP contribution in [-0.4, -0.2) is 35.7 Å². The van der Waals surface area contributed by atoms with Crippen LogP contribution in [0.1, 0.15) is 22.8 Å². The number of aryl methyl sites for hydroxylation is 1. The zero-order valence-corrected chi connectivity index (χ0v) is 10.8. The van der Waals surface area contributed by atoms with Gasteiger partial charge in [0.25, 0.3) is 11.7 Å². The quantitative estimate of drug-likeness (QED) is 0.663. The minimum absolute atomic E-state index is 0.444. The van der Waals surface area contributed by atoms with Gasteiger partial charge in [0.2, 0.25) is 0 Å². The van der Waals surface area contributed by atoms with E-state index >= 15 is 0 Å². The van der Waals surface area contributed by atoms with Gasteiger partial charge in [0.05, 0.1) is 5.56 Å². The number of nitrogens with zero attached hydrogens (tertiary/aromatic N) is 1. The van der Waals surface area contributed by atoms with Gasteiger partial charge in [-0.15, -0.1) is 0 Å². The number of hydrogen-bond acceptors (Lipinski definition) is 2. The van der Waals surface area contributed by atoms with E-state index in [1.54, 1.807) is 20.3 Å². The number of benzene rings is 1. The van der Waals surface area contributed by atoms with E-state index in [1.165, 1.54) is 4.90 Å². The lowest BCUT2D eigenvalue weighted by Gasteiger charge is -2.08. The number of likely N-dealkylation sites (N-methyl/N-ethyl adjacent to an activating group) is 1. The molecule has 0 aliphatic carbocycles. The fourth-order valence-electron chi connectivity index (χ4n) is 2.02. The van der Waals surface area contributed by atoms with Gasteiger partial charge in [0.1, 0.15) is 0 Å². The lowest BCUT2D eigenvalue weighted by molar-refractivity contribution is -0.124. The lowest BCUT2D eigenvalue weighted by Crippen LogP contribution is -2.29. The molecule has 0 spiro atoms. The lowest BCUT2D eigenvalue weighted by atomic mass is 10.0. The van der Waals surface area contributed by atoms with E-state index in [0.717, 1.165) is 22.9 Å². The van der Waals surface area contributed by atoms with Gasteiger partial charge >= 0.3 is 0 Å². The first kappa shape index (κ1) is 12.4. The summed E-state index contributed by atoms with van der Waals surface area (Å²) in [5.41, 5.74) is 2.53. The molecule has 0 unspecified atom stereocenters. The van der Waals surface area contributed by atoms with Crippen molar-refractivity contribution in [3.05, 3.63) is 35.5 Å². The second-order valence-electron chi connectivity index (χ2n) is 4.42. The Morgan fingerprint density at radius 2 is 2.00 bits per heavy atom. The fourth-order valence-corrected chi connectivity index (χ4v) is 2.02. The molecule has 1 aromatic carbocycles. The zero-order valence-electron chi connectivity index (χ0n) is 10.8. The number of para-hydroxylation sites is 1. The van der Waals surface area contributed by atoms with Crippen LogP contribution in [0.2, 0.25) is 0 Å². The Labute approximate surface area is 106 Å². The maximum absolute atomic E-state index is 12.0. The van der Waals surface area contributed by atoms with Crippen molar-refractivity contribution in [2.24, 2.45) is 0 Å². The standard InChI is InChI=1S/C14H16N2O2/c1-4-9-6-5-7-10-11(8-15-12(9)10)13(17)14(18)16(2)3/h5-8,15H,4H2,1-3H3. The predicted molar refractivity (Wildman–Crippen MR) is 70.7 cm³/mol. The van der Waals surface area contributed by atoms with Gasteiger partial charge in [0.15, 0.2) is 0 Å². The third kappa shape index (κ3) is 1.90. The first-order valence-corrected chi connectivity index (χ1v) is 5.91. The number of carbonyl (C=O) groups is 2. The molecule has 0 saturated carbocycles. The highest BCUT2D eigenvalue weighted by molar-refractivity contribution is 6.44. The molecule has 2 aromatic rings. The van der Waals surface area contributed by atoms with Gasteiger partial charge in [-0.25, -0.2) is 0 Å². The van der Waals surface area contributed by atoms with Gasteiger partial charge in [-0.1, -0.05) is 25.1 Å². The number of aromatic nitrogens is 1. The second kappa shape index (κ2) is 4.64. The Hall–Kier alpha value is -2.10. The number of nitrogens with one attached hydrogen (secondary N) is 1. The largest absolute Gasteiger partial charge is 0.360 e. The number of ketones is 1. The SMILES string of the molecule is CCc1cccc2c(C(=O)C(=O)N(C)C)c[nH]c12. The number of rotatable bonds is 3. The van der Waals surface area contributed by atoms with Crippen LogP contribution in [-0.2, 0) is 11.2 Å². The van der Waals surface area contributed by atoms with E-state index in [0.29, 0.717) is 5.56 Å². The van der Waals surface area contributed by atoms with Gasteiger partial charge in [-0.05, 0) is 12.0 Å². The monoisotopic (exact) mass is 244 g/mol. The molecule has 94 valence electrons. The summed E-state index contributed by atoms with van der Waals surface area (Å²) in [5, 5.41) is 0.814. The van der Waals surface area contributed by atoms with Crippen molar-refractivity contribution in [1.29, 1.82) is 0 Å². The maximum atomic E-state index is 12.0. The molecule has 0 fully saturated rings. The molecule has 1 amide bonds. The molecule has 1 heterocycles. The van der Waals surface area contributed by atoms with Crippen molar-refractivity contribution >= 4 is 22.6 Å². The van der Waals surface area contributed by atoms with Crippen LogP contribution in [0.4, 0.5) is 0 Å². The van der Waals surface area contributed by atoms with Gasteiger partial charge < -0.3 is 9.88 Å². The number of fused-ring (bicyclic) bond motifs is 1. The number of aromatic amines is 1. The third-order valence-corrected chi connectivity index (χ3v) is 3.03. The molecule has 18 heavy (non-hydrogen) atoms. The maximum Gasteiger partial charge on any atom is 0.294 e. The van der Waals surface area contributed by atoms with Crippen molar-refractivity contribution in [2.75, 3.05) is 14.1 Å². The number of carbonyl (C=O) groups excluding carboxylic acids is 2. The van der Waals surface area contributed by atoms with Crippen LogP contribution >= 0.6 is 0 Å². The molecular formula is C14H16N2O2. The third-order valence-electron chi connectivity index (χ3n) is 3.03. The molecule has 0 radical (unpaired) electrons. The highest BCUT2D eigenvalue weighted by atomic mass is 16.2. The fraction of sp³-hybridized carbons (Fsp3) is 0.286. The second-order valence-corrected chi connectivity index (χ2v) is 4.42. The van der Waals surface area contributed by atoms with Crippen molar-refractivity contribution in [3.63, 3.8) is 0 Å². The summed E-state index contributed by atoms with van der Waals surface area (Å²) in [6.45, 7) is 2.06. The molecule has 0 atom stereocenters. The topological polar surface area (TPSA) is 53.2 Å². The molecule has 0 aliphatic rings. The Bertz CT molecular complexity index is 611. The number of Topliss-reactive ketones (excluding diaryl/α,β-unsaturated/α-hetero) is 1. The molecule has 1 aromatic heterocycles. The Balaban J connectivity index is 2.54. The summed E-state index contributed by atoms with van der Waals surface area (Å²) in [6.07, 6.45) is 2.50. The molecule has 0 aliphatic heterocycles. The first-order chi connectivity index (χ1) is 8.56. The van der Waals surface area contributed by atoms with E-state index in [2.05, 4.69) is 11.9 Å². The van der Waals surface area contributed by atoms with E-state index in [-0.39, 0.29) is 0 Å². The normalized spacial score (nSPS) is 10.6. The first-order valence-electron chi connectivity index (χ1n) is 5.91. The Kier molecular flexibility index (Phi) is 3.19. The van der Waals surface area contributed by atoms with Gasteiger partial charge in [-0.3, -0.25) is 9.59 Å². The van der Waals surface area contributed by atoms with E-state index in [9.17, 15) is 9.59 Å². The molecule has 0 bridgehead atoms. The van der Waals surface area contributed by atoms with Crippen LogP contribution < -0.4 is 0 Å². The molecule has 0 saturated heterocycles. The number of amides is 1. The molecular weight excluding hydrogens is 228 g/mol. The Morgan fingerprint density at radius 3 is 2.61 bits per heavy atom. The van der Waals surface area contributed by atoms with Gasteiger partial charge in [0, 0.05) is 31.2 Å².